The van der Waals surface area contributed by atoms with Crippen molar-refractivity contribution in [2.75, 3.05) is 33.4 Å². The predicted molar refractivity (Wildman–Crippen MR) is 111 cm³/mol. The van der Waals surface area contributed by atoms with Crippen LogP contribution in [0.1, 0.15) is 46.5 Å². The smallest absolute Gasteiger partial charge is 0.237 e. The molecule has 1 saturated carbocycles. The summed E-state index contributed by atoms with van der Waals surface area (Å²) in [5.74, 6) is -0.503. The summed E-state index contributed by atoms with van der Waals surface area (Å²) in [7, 11) is 1.66. The van der Waals surface area contributed by atoms with E-state index in [0.717, 1.165) is 12.8 Å². The van der Waals surface area contributed by atoms with E-state index >= 15 is 0 Å². The van der Waals surface area contributed by atoms with E-state index in [1.54, 1.807) is 7.05 Å². The van der Waals surface area contributed by atoms with E-state index in [2.05, 4.69) is 21.4 Å². The number of hydrogen-bond donors (Lipinski definition) is 4. The molecular weight excluding hydrogens is 392 g/mol. The largest absolute Gasteiger partial charge is 0.377 e. The Hall–Kier alpha value is -1.72. The van der Waals surface area contributed by atoms with Gasteiger partial charge in [-0.25, -0.2) is 5.48 Å². The molecule has 0 saturated heterocycles. The van der Waals surface area contributed by atoms with Crippen LogP contribution in [0.2, 0.25) is 0 Å². The van der Waals surface area contributed by atoms with Crippen molar-refractivity contribution in [1.82, 2.24) is 21.4 Å². The van der Waals surface area contributed by atoms with Crippen molar-refractivity contribution in [1.29, 1.82) is 0 Å². The Morgan fingerprint density at radius 1 is 0.867 bits per heavy atom. The molecule has 4 atom stereocenters. The van der Waals surface area contributed by atoms with E-state index in [1.807, 2.05) is 0 Å². The molecule has 0 aromatic rings. The average Bonchev–Trinajstić information content (AvgIpc) is 2.65. The van der Waals surface area contributed by atoms with Crippen LogP contribution in [0.15, 0.2) is 0 Å². The third kappa shape index (κ3) is 10.4. The molecule has 1 aliphatic carbocycles. The lowest BCUT2D eigenvalue weighted by Crippen LogP contribution is -2.63. The van der Waals surface area contributed by atoms with Crippen LogP contribution < -0.4 is 21.4 Å². The van der Waals surface area contributed by atoms with Gasteiger partial charge >= 0.3 is 0 Å². The normalized spacial score (nSPS) is 20.1. The van der Waals surface area contributed by atoms with Crippen LogP contribution in [0.3, 0.4) is 0 Å². The second kappa shape index (κ2) is 14.3. The molecular formula is C20H36N4O6. The number of ether oxygens (including phenoxy) is 1. The van der Waals surface area contributed by atoms with Crippen molar-refractivity contribution in [2.45, 2.75) is 70.6 Å². The third-order valence-electron chi connectivity index (χ3n) is 4.91. The van der Waals surface area contributed by atoms with Gasteiger partial charge in [0.2, 0.25) is 5.91 Å². The number of ketones is 3. The number of hydroxylamine groups is 1. The highest BCUT2D eigenvalue weighted by Gasteiger charge is 2.36. The third-order valence-corrected chi connectivity index (χ3v) is 4.91. The zero-order valence-electron chi connectivity index (χ0n) is 18.4. The molecule has 1 aliphatic rings. The Balaban J connectivity index is 2.50. The van der Waals surface area contributed by atoms with Crippen LogP contribution in [0, 0.1) is 0 Å². The number of Topliss-reactive ketones (excluding diaryl/α,β-unsaturated/α-hetero) is 3. The van der Waals surface area contributed by atoms with Gasteiger partial charge in [0.25, 0.3) is 0 Å². The lowest BCUT2D eigenvalue weighted by molar-refractivity contribution is -0.127. The van der Waals surface area contributed by atoms with E-state index in [1.165, 1.54) is 20.8 Å². The molecule has 0 aromatic heterocycles. The maximum Gasteiger partial charge on any atom is 0.237 e. The first kappa shape index (κ1) is 26.3. The van der Waals surface area contributed by atoms with Crippen molar-refractivity contribution >= 4 is 23.3 Å². The first-order valence-corrected chi connectivity index (χ1v) is 10.4. The summed E-state index contributed by atoms with van der Waals surface area (Å²) in [5, 5.41) is 9.24. The number of nitrogens with one attached hydrogen (secondary N) is 4. The fraction of sp³-hybridized carbons (Fsp3) is 0.800. The van der Waals surface area contributed by atoms with Crippen LogP contribution in [0.4, 0.5) is 0 Å². The first-order valence-electron chi connectivity index (χ1n) is 10.4. The quantitative estimate of drug-likeness (QED) is 0.175. The van der Waals surface area contributed by atoms with E-state index in [9.17, 15) is 19.2 Å². The number of rotatable bonds is 17. The topological polar surface area (TPSA) is 135 Å². The average molecular weight is 429 g/mol. The maximum atomic E-state index is 12.5. The van der Waals surface area contributed by atoms with E-state index < -0.39 is 12.1 Å². The number of carbonyl (C=O) groups excluding carboxylic acids is 4. The monoisotopic (exact) mass is 428 g/mol. The van der Waals surface area contributed by atoms with Crippen molar-refractivity contribution in [3.8, 4) is 0 Å². The van der Waals surface area contributed by atoms with Crippen LogP contribution in [-0.2, 0) is 28.8 Å². The van der Waals surface area contributed by atoms with Gasteiger partial charge in [-0.3, -0.25) is 24.0 Å². The SMILES string of the molecule is CNOCCOCCNC(=O)[C@H](CC(C)=O)NC1CCC1N[C@@H](CC(C)=O)C(C)=O. The zero-order chi connectivity index (χ0) is 22.5. The summed E-state index contributed by atoms with van der Waals surface area (Å²) in [6, 6.07) is -1.27. The maximum absolute atomic E-state index is 12.5. The Morgan fingerprint density at radius 2 is 1.43 bits per heavy atom. The van der Waals surface area contributed by atoms with Crippen LogP contribution >= 0.6 is 0 Å². The molecule has 10 nitrogen and oxygen atoms in total. The number of amides is 1. The molecule has 2 unspecified atom stereocenters. The summed E-state index contributed by atoms with van der Waals surface area (Å²) in [6.45, 7) is 5.83. The Bertz CT molecular complexity index is 586. The minimum atomic E-state index is -0.659. The van der Waals surface area contributed by atoms with Crippen molar-refractivity contribution in [3.05, 3.63) is 0 Å². The number of carbonyl (C=O) groups is 4. The molecule has 4 N–H and O–H groups in total. The second-order valence-corrected chi connectivity index (χ2v) is 7.61. The second-order valence-electron chi connectivity index (χ2n) is 7.61. The summed E-state index contributed by atoms with van der Waals surface area (Å²) in [5.41, 5.74) is 2.54. The van der Waals surface area contributed by atoms with Gasteiger partial charge in [0.05, 0.1) is 31.9 Å². The van der Waals surface area contributed by atoms with Crippen LogP contribution in [0.25, 0.3) is 0 Å². The zero-order valence-corrected chi connectivity index (χ0v) is 18.4. The van der Waals surface area contributed by atoms with Crippen molar-refractivity contribution in [2.24, 2.45) is 0 Å². The number of hydrogen-bond acceptors (Lipinski definition) is 9. The molecule has 0 spiro atoms. The molecule has 10 heteroatoms. The molecule has 0 radical (unpaired) electrons. The molecule has 0 aliphatic heterocycles. The molecule has 30 heavy (non-hydrogen) atoms. The summed E-state index contributed by atoms with van der Waals surface area (Å²) >= 11 is 0. The molecule has 172 valence electrons. The molecule has 1 rings (SSSR count). The Labute approximate surface area is 178 Å². The molecule has 1 fully saturated rings. The minimum Gasteiger partial charge on any atom is -0.377 e. The van der Waals surface area contributed by atoms with Gasteiger partial charge in [-0.05, 0) is 33.6 Å². The van der Waals surface area contributed by atoms with E-state index in [0.29, 0.717) is 26.4 Å². The van der Waals surface area contributed by atoms with E-state index in [-0.39, 0.29) is 48.2 Å². The molecule has 0 bridgehead atoms. The highest BCUT2D eigenvalue weighted by Crippen LogP contribution is 2.22. The van der Waals surface area contributed by atoms with Gasteiger partial charge in [0.15, 0.2) is 0 Å². The Morgan fingerprint density at radius 3 is 1.93 bits per heavy atom. The predicted octanol–water partition coefficient (Wildman–Crippen LogP) is -0.735. The van der Waals surface area contributed by atoms with Crippen LogP contribution in [-0.4, -0.2) is 80.8 Å². The Kier molecular flexibility index (Phi) is 12.6. The summed E-state index contributed by atoms with van der Waals surface area (Å²) in [6.07, 6.45) is 1.87. The summed E-state index contributed by atoms with van der Waals surface area (Å²) < 4.78 is 5.34. The van der Waals surface area contributed by atoms with Gasteiger partial charge in [-0.15, -0.1) is 0 Å². The van der Waals surface area contributed by atoms with Crippen LogP contribution in [0.5, 0.6) is 0 Å². The lowest BCUT2D eigenvalue weighted by atomic mass is 9.84. The van der Waals surface area contributed by atoms with Gasteiger partial charge in [0.1, 0.15) is 17.3 Å². The molecule has 0 aromatic carbocycles. The first-order chi connectivity index (χ1) is 14.2. The van der Waals surface area contributed by atoms with Crippen molar-refractivity contribution < 1.29 is 28.8 Å². The van der Waals surface area contributed by atoms with Crippen molar-refractivity contribution in [3.63, 3.8) is 0 Å². The van der Waals surface area contributed by atoms with Gasteiger partial charge < -0.3 is 20.7 Å². The van der Waals surface area contributed by atoms with Gasteiger partial charge in [-0.1, -0.05) is 0 Å². The van der Waals surface area contributed by atoms with Gasteiger partial charge in [-0.2, -0.15) is 0 Å². The van der Waals surface area contributed by atoms with Gasteiger partial charge in [0, 0.05) is 38.5 Å². The lowest BCUT2D eigenvalue weighted by Gasteiger charge is -2.41. The summed E-state index contributed by atoms with van der Waals surface area (Å²) in [4.78, 5) is 52.3. The van der Waals surface area contributed by atoms with E-state index in [4.69, 9.17) is 9.57 Å². The molecule has 0 heterocycles. The minimum absolute atomic E-state index is 0.0315. The fourth-order valence-corrected chi connectivity index (χ4v) is 3.21. The highest BCUT2D eigenvalue weighted by atomic mass is 16.7. The fourth-order valence-electron chi connectivity index (χ4n) is 3.21. The molecule has 1 amide bonds. The standard InChI is InChI=1S/C20H36N4O6/c1-13(25)11-18(15(3)27)23-16-5-6-17(16)24-19(12-14(2)26)20(28)22-7-8-29-9-10-30-21-4/h16-19,21,23-24H,5-12H2,1-4H3,(H,22,28)/t16?,17?,18-,19-/m0/s1. The highest BCUT2D eigenvalue weighted by molar-refractivity contribution is 5.89.